The molecule has 0 aliphatic rings. The molecule has 0 bridgehead atoms. The molecule has 2 N–H and O–H groups in total. The highest BCUT2D eigenvalue weighted by Gasteiger charge is 2.46. The van der Waals surface area contributed by atoms with Crippen LogP contribution in [0, 0.1) is 0 Å². The first-order valence-electron chi connectivity index (χ1n) is 5.41. The molecule has 1 aromatic carbocycles. The number of aliphatic hydroxyl groups is 2. The van der Waals surface area contributed by atoms with Gasteiger partial charge in [-0.15, -0.1) is 0 Å². The maximum atomic E-state index is 11.2. The highest BCUT2D eigenvalue weighted by Crippen LogP contribution is 2.25. The van der Waals surface area contributed by atoms with Crippen LogP contribution in [0.25, 0.3) is 0 Å². The minimum Gasteiger partial charge on any atom is -0.377 e. The van der Waals surface area contributed by atoms with Crippen LogP contribution in [0.2, 0.25) is 0 Å². The molecule has 17 heavy (non-hydrogen) atoms. The molecular weight excluding hydrogens is 220 g/mol. The lowest BCUT2D eigenvalue weighted by atomic mass is 9.92. The average molecular weight is 238 g/mol. The van der Waals surface area contributed by atoms with Crippen LogP contribution in [0.5, 0.6) is 0 Å². The Balaban J connectivity index is 2.71. The molecule has 0 aliphatic heterocycles. The molecule has 4 nitrogen and oxygen atoms in total. The second-order valence-corrected chi connectivity index (χ2v) is 4.39. The molecule has 0 unspecified atom stereocenters. The van der Waals surface area contributed by atoms with E-state index in [1.807, 2.05) is 30.3 Å². The third-order valence-electron chi connectivity index (χ3n) is 2.95. The predicted molar refractivity (Wildman–Crippen MR) is 63.2 cm³/mol. The van der Waals surface area contributed by atoms with Crippen molar-refractivity contribution in [3.8, 4) is 0 Å². The number of rotatable bonds is 5. The lowest BCUT2D eigenvalue weighted by Crippen LogP contribution is -2.56. The van der Waals surface area contributed by atoms with Gasteiger partial charge in [-0.3, -0.25) is 4.79 Å². The van der Waals surface area contributed by atoms with Crippen LogP contribution in [0.1, 0.15) is 26.3 Å². The fourth-order valence-electron chi connectivity index (χ4n) is 1.27. The number of benzene rings is 1. The van der Waals surface area contributed by atoms with Crippen LogP contribution in [0.3, 0.4) is 0 Å². The highest BCUT2D eigenvalue weighted by atomic mass is 16.6. The first kappa shape index (κ1) is 13.8. The summed E-state index contributed by atoms with van der Waals surface area (Å²) in [6, 6.07) is 9.22. The molecule has 0 fully saturated rings. The fraction of sp³-hybridized carbons (Fsp3) is 0.462. The second kappa shape index (κ2) is 4.96. The zero-order valence-electron chi connectivity index (χ0n) is 10.3. The van der Waals surface area contributed by atoms with Crippen molar-refractivity contribution < 1.29 is 19.7 Å². The lowest BCUT2D eigenvalue weighted by Gasteiger charge is -2.36. The van der Waals surface area contributed by atoms with Crippen molar-refractivity contribution in [3.63, 3.8) is 0 Å². The third-order valence-corrected chi connectivity index (χ3v) is 2.95. The number of Topliss-reactive ketones (excluding diaryl/α,β-unsaturated/α-hetero) is 1. The summed E-state index contributed by atoms with van der Waals surface area (Å²) in [4.78, 5) is 11.2. The SMILES string of the molecule is CC(=O)[C@](C)(O)[C@@](C)(O)OCc1ccccc1. The highest BCUT2D eigenvalue weighted by molar-refractivity contribution is 5.85. The van der Waals surface area contributed by atoms with E-state index in [-0.39, 0.29) is 6.61 Å². The van der Waals surface area contributed by atoms with Gasteiger partial charge in [-0.25, -0.2) is 0 Å². The van der Waals surface area contributed by atoms with E-state index in [2.05, 4.69) is 0 Å². The number of carbonyl (C=O) groups is 1. The largest absolute Gasteiger partial charge is 0.377 e. The van der Waals surface area contributed by atoms with Crippen molar-refractivity contribution in [2.24, 2.45) is 0 Å². The molecule has 4 heteroatoms. The molecule has 2 atom stereocenters. The molecule has 0 saturated carbocycles. The van der Waals surface area contributed by atoms with E-state index >= 15 is 0 Å². The Morgan fingerprint density at radius 2 is 1.76 bits per heavy atom. The van der Waals surface area contributed by atoms with Gasteiger partial charge in [-0.05, 0) is 26.3 Å². The molecule has 0 aromatic heterocycles. The Bertz CT molecular complexity index is 382. The quantitative estimate of drug-likeness (QED) is 0.758. The van der Waals surface area contributed by atoms with Crippen LogP contribution in [0.4, 0.5) is 0 Å². The molecule has 1 rings (SSSR count). The topological polar surface area (TPSA) is 66.8 Å². The summed E-state index contributed by atoms with van der Waals surface area (Å²) in [5, 5.41) is 19.9. The van der Waals surface area contributed by atoms with Gasteiger partial charge >= 0.3 is 0 Å². The number of carbonyl (C=O) groups excluding carboxylic acids is 1. The predicted octanol–water partition coefficient (Wildman–Crippen LogP) is 1.25. The van der Waals surface area contributed by atoms with E-state index in [1.54, 1.807) is 0 Å². The van der Waals surface area contributed by atoms with E-state index < -0.39 is 17.2 Å². The maximum absolute atomic E-state index is 11.2. The number of hydrogen-bond donors (Lipinski definition) is 2. The van der Waals surface area contributed by atoms with Crippen molar-refractivity contribution in [1.29, 1.82) is 0 Å². The van der Waals surface area contributed by atoms with Crippen molar-refractivity contribution in [2.75, 3.05) is 0 Å². The van der Waals surface area contributed by atoms with Crippen molar-refractivity contribution >= 4 is 5.78 Å². The Morgan fingerprint density at radius 3 is 2.24 bits per heavy atom. The smallest absolute Gasteiger partial charge is 0.199 e. The Morgan fingerprint density at radius 1 is 1.24 bits per heavy atom. The molecule has 0 heterocycles. The number of ether oxygens (including phenoxy) is 1. The molecule has 1 aromatic rings. The van der Waals surface area contributed by atoms with Gasteiger partial charge in [0.15, 0.2) is 17.2 Å². The van der Waals surface area contributed by atoms with Gasteiger partial charge in [0.05, 0.1) is 6.61 Å². The van der Waals surface area contributed by atoms with Crippen LogP contribution < -0.4 is 0 Å². The summed E-state index contributed by atoms with van der Waals surface area (Å²) in [6.45, 7) is 3.84. The van der Waals surface area contributed by atoms with Gasteiger partial charge in [-0.2, -0.15) is 0 Å². The monoisotopic (exact) mass is 238 g/mol. The Hall–Kier alpha value is -1.23. The van der Waals surface area contributed by atoms with E-state index in [0.29, 0.717) is 0 Å². The van der Waals surface area contributed by atoms with Crippen LogP contribution in [-0.2, 0) is 16.1 Å². The Labute approximate surface area is 101 Å². The van der Waals surface area contributed by atoms with Crippen molar-refractivity contribution in [3.05, 3.63) is 35.9 Å². The Kier molecular flexibility index (Phi) is 4.03. The summed E-state index contributed by atoms with van der Waals surface area (Å²) >= 11 is 0. The van der Waals surface area contributed by atoms with E-state index in [0.717, 1.165) is 5.56 Å². The average Bonchev–Trinajstić information content (AvgIpc) is 2.27. The molecule has 0 spiro atoms. The maximum Gasteiger partial charge on any atom is 0.199 e. The van der Waals surface area contributed by atoms with E-state index in [4.69, 9.17) is 4.74 Å². The zero-order valence-corrected chi connectivity index (χ0v) is 10.3. The first-order valence-corrected chi connectivity index (χ1v) is 5.41. The number of ketones is 1. The lowest BCUT2D eigenvalue weighted by molar-refractivity contribution is -0.278. The van der Waals surface area contributed by atoms with Gasteiger partial charge in [0.25, 0.3) is 0 Å². The van der Waals surface area contributed by atoms with Crippen LogP contribution >= 0.6 is 0 Å². The minimum absolute atomic E-state index is 0.122. The van der Waals surface area contributed by atoms with E-state index in [9.17, 15) is 15.0 Å². The molecule has 0 amide bonds. The van der Waals surface area contributed by atoms with Gasteiger partial charge in [0, 0.05) is 0 Å². The minimum atomic E-state index is -1.93. The summed E-state index contributed by atoms with van der Waals surface area (Å²) in [5.74, 6) is -2.47. The van der Waals surface area contributed by atoms with Gasteiger partial charge in [0.2, 0.25) is 0 Å². The van der Waals surface area contributed by atoms with Gasteiger partial charge < -0.3 is 14.9 Å². The third kappa shape index (κ3) is 3.12. The summed E-state index contributed by atoms with van der Waals surface area (Å²) in [5.41, 5.74) is -1.07. The first-order chi connectivity index (χ1) is 7.77. The van der Waals surface area contributed by atoms with Gasteiger partial charge in [0.1, 0.15) is 0 Å². The molecule has 94 valence electrons. The molecule has 0 aliphatic carbocycles. The summed E-state index contributed by atoms with van der Waals surface area (Å²) in [6.07, 6.45) is 0. The second-order valence-electron chi connectivity index (χ2n) is 4.39. The van der Waals surface area contributed by atoms with Crippen LogP contribution in [0.15, 0.2) is 30.3 Å². The molecular formula is C13H18O4. The zero-order chi connectivity index (χ0) is 13.1. The normalized spacial score (nSPS) is 18.2. The van der Waals surface area contributed by atoms with Gasteiger partial charge in [-0.1, -0.05) is 30.3 Å². The molecule has 0 radical (unpaired) electrons. The van der Waals surface area contributed by atoms with Crippen LogP contribution in [-0.4, -0.2) is 27.4 Å². The fourth-order valence-corrected chi connectivity index (χ4v) is 1.27. The number of hydrogen-bond acceptors (Lipinski definition) is 4. The van der Waals surface area contributed by atoms with Crippen molar-refractivity contribution in [2.45, 2.75) is 38.8 Å². The standard InChI is InChI=1S/C13H18O4/c1-10(14)12(2,15)13(3,16)17-9-11-7-5-4-6-8-11/h4-8,15-16H,9H2,1-3H3/t12-,13-/m0/s1. The summed E-state index contributed by atoms with van der Waals surface area (Å²) < 4.78 is 5.23. The van der Waals surface area contributed by atoms with Crippen molar-refractivity contribution in [1.82, 2.24) is 0 Å². The molecule has 0 saturated heterocycles. The summed E-state index contributed by atoms with van der Waals surface area (Å²) in [7, 11) is 0. The van der Waals surface area contributed by atoms with E-state index in [1.165, 1.54) is 20.8 Å².